The quantitative estimate of drug-likeness (QED) is 0.484. The summed E-state index contributed by atoms with van der Waals surface area (Å²) in [5.74, 6) is 0.126. The van der Waals surface area contributed by atoms with Gasteiger partial charge < -0.3 is 9.15 Å². The van der Waals surface area contributed by atoms with Crippen molar-refractivity contribution in [2.24, 2.45) is 0 Å². The maximum absolute atomic E-state index is 12.0. The van der Waals surface area contributed by atoms with Crippen molar-refractivity contribution in [3.8, 4) is 5.75 Å². The van der Waals surface area contributed by atoms with Crippen LogP contribution in [0.3, 0.4) is 0 Å². The molecule has 0 spiro atoms. The van der Waals surface area contributed by atoms with Gasteiger partial charge in [-0.3, -0.25) is 0 Å². The summed E-state index contributed by atoms with van der Waals surface area (Å²) in [4.78, 5) is 23.8. The van der Waals surface area contributed by atoms with E-state index in [9.17, 15) is 9.59 Å². The van der Waals surface area contributed by atoms with Crippen LogP contribution in [-0.2, 0) is 17.6 Å². The number of rotatable bonds is 6. The molecule has 27 heavy (non-hydrogen) atoms. The number of aryl methyl sites for hydroxylation is 3. The number of ether oxygens (including phenoxy) is 1. The average molecular weight is 360 g/mol. The monoisotopic (exact) mass is 360 g/mol. The molecule has 136 valence electrons. The molecule has 0 unspecified atom stereocenters. The fourth-order valence-corrected chi connectivity index (χ4v) is 2.69. The van der Waals surface area contributed by atoms with Gasteiger partial charge in [-0.2, -0.15) is 0 Å². The first-order valence-corrected chi connectivity index (χ1v) is 8.73. The van der Waals surface area contributed by atoms with Gasteiger partial charge >= 0.3 is 11.6 Å². The van der Waals surface area contributed by atoms with Crippen molar-refractivity contribution >= 4 is 12.0 Å². The lowest BCUT2D eigenvalue weighted by atomic mass is 10.1. The number of hydrogen-bond acceptors (Lipinski definition) is 4. The van der Waals surface area contributed by atoms with Crippen molar-refractivity contribution in [3.05, 3.63) is 106 Å². The standard InChI is InChI=1S/C23H20O4/c1-17-6-5-9-19(14-17)11-13-22(24)27-21-15-20(26-23(25)16-21)12-10-18-7-3-2-4-8-18/h2-9,11,13-16H,10,12H2,1H3/b13-11+. The average Bonchev–Trinajstić information content (AvgIpc) is 2.65. The number of benzene rings is 2. The van der Waals surface area contributed by atoms with Crippen molar-refractivity contribution in [3.63, 3.8) is 0 Å². The van der Waals surface area contributed by atoms with Crippen LogP contribution in [-0.4, -0.2) is 5.97 Å². The van der Waals surface area contributed by atoms with Crippen LogP contribution >= 0.6 is 0 Å². The van der Waals surface area contributed by atoms with Crippen LogP contribution in [0.15, 0.2) is 82.0 Å². The van der Waals surface area contributed by atoms with Crippen LogP contribution in [0.25, 0.3) is 6.08 Å². The first-order valence-electron chi connectivity index (χ1n) is 8.73. The van der Waals surface area contributed by atoms with Crippen LogP contribution in [0, 0.1) is 6.92 Å². The molecule has 0 aliphatic carbocycles. The molecule has 0 radical (unpaired) electrons. The lowest BCUT2D eigenvalue weighted by Crippen LogP contribution is -2.08. The second kappa shape index (κ2) is 8.81. The number of hydrogen-bond donors (Lipinski definition) is 0. The van der Waals surface area contributed by atoms with Crippen LogP contribution in [0.1, 0.15) is 22.5 Å². The van der Waals surface area contributed by atoms with Gasteiger partial charge in [-0.05, 0) is 30.5 Å². The molecule has 0 fully saturated rings. The third-order valence-electron chi connectivity index (χ3n) is 3.97. The molecule has 0 aliphatic heterocycles. The SMILES string of the molecule is Cc1cccc(/C=C/C(=O)Oc2cc(CCc3ccccc3)oc(=O)c2)c1. The van der Waals surface area contributed by atoms with E-state index in [1.54, 1.807) is 12.1 Å². The Kier molecular flexibility index (Phi) is 6.00. The predicted octanol–water partition coefficient (Wildman–Crippen LogP) is 4.35. The van der Waals surface area contributed by atoms with Gasteiger partial charge in [0.05, 0.1) is 6.07 Å². The highest BCUT2D eigenvalue weighted by Crippen LogP contribution is 2.14. The minimum Gasteiger partial charge on any atom is -0.428 e. The summed E-state index contributed by atoms with van der Waals surface area (Å²) in [6, 6.07) is 20.4. The van der Waals surface area contributed by atoms with Crippen molar-refractivity contribution < 1.29 is 13.9 Å². The van der Waals surface area contributed by atoms with E-state index in [1.807, 2.05) is 61.5 Å². The van der Waals surface area contributed by atoms with Gasteiger partial charge in [0.25, 0.3) is 0 Å². The van der Waals surface area contributed by atoms with Crippen LogP contribution < -0.4 is 10.4 Å². The van der Waals surface area contributed by atoms with E-state index < -0.39 is 11.6 Å². The zero-order chi connectivity index (χ0) is 19.1. The van der Waals surface area contributed by atoms with E-state index in [2.05, 4.69) is 0 Å². The molecular formula is C23H20O4. The Morgan fingerprint density at radius 1 is 1.00 bits per heavy atom. The zero-order valence-electron chi connectivity index (χ0n) is 15.1. The van der Waals surface area contributed by atoms with Crippen molar-refractivity contribution in [1.29, 1.82) is 0 Å². The van der Waals surface area contributed by atoms with E-state index in [-0.39, 0.29) is 5.75 Å². The van der Waals surface area contributed by atoms with E-state index in [0.29, 0.717) is 12.2 Å². The van der Waals surface area contributed by atoms with Gasteiger partial charge in [0.1, 0.15) is 11.5 Å². The Bertz CT molecular complexity index is 1000. The van der Waals surface area contributed by atoms with E-state index in [1.165, 1.54) is 12.1 Å². The molecule has 0 saturated carbocycles. The highest BCUT2D eigenvalue weighted by Gasteiger charge is 2.07. The summed E-state index contributed by atoms with van der Waals surface area (Å²) in [5.41, 5.74) is 2.62. The molecule has 1 heterocycles. The van der Waals surface area contributed by atoms with Gasteiger partial charge in [0.2, 0.25) is 0 Å². The molecule has 1 aromatic heterocycles. The first kappa shape index (κ1) is 18.4. The summed E-state index contributed by atoms with van der Waals surface area (Å²) >= 11 is 0. The van der Waals surface area contributed by atoms with Gasteiger partial charge in [-0.1, -0.05) is 60.2 Å². The summed E-state index contributed by atoms with van der Waals surface area (Å²) in [5, 5.41) is 0. The Balaban J connectivity index is 1.65. The van der Waals surface area contributed by atoms with Crippen LogP contribution in [0.4, 0.5) is 0 Å². The molecule has 0 amide bonds. The lowest BCUT2D eigenvalue weighted by molar-refractivity contribution is -0.128. The molecule has 2 aromatic carbocycles. The van der Waals surface area contributed by atoms with Crippen LogP contribution in [0.5, 0.6) is 5.75 Å². The molecule has 0 saturated heterocycles. The lowest BCUT2D eigenvalue weighted by Gasteiger charge is -2.04. The minimum absolute atomic E-state index is 0.188. The summed E-state index contributed by atoms with van der Waals surface area (Å²) in [7, 11) is 0. The third kappa shape index (κ3) is 5.82. The van der Waals surface area contributed by atoms with E-state index in [0.717, 1.165) is 23.1 Å². The molecule has 3 aromatic rings. The minimum atomic E-state index is -0.545. The third-order valence-corrected chi connectivity index (χ3v) is 3.97. The first-order chi connectivity index (χ1) is 13.1. The topological polar surface area (TPSA) is 56.5 Å². The fourth-order valence-electron chi connectivity index (χ4n) is 2.69. The zero-order valence-corrected chi connectivity index (χ0v) is 15.1. The molecule has 0 N–H and O–H groups in total. The smallest absolute Gasteiger partial charge is 0.339 e. The van der Waals surface area contributed by atoms with Crippen molar-refractivity contribution in [2.75, 3.05) is 0 Å². The fraction of sp³-hybridized carbons (Fsp3) is 0.130. The molecule has 4 nitrogen and oxygen atoms in total. The molecular weight excluding hydrogens is 340 g/mol. The molecule has 0 bridgehead atoms. The second-order valence-electron chi connectivity index (χ2n) is 6.23. The summed E-state index contributed by atoms with van der Waals surface area (Å²) in [6.45, 7) is 1.98. The van der Waals surface area contributed by atoms with Crippen LogP contribution in [0.2, 0.25) is 0 Å². The Labute approximate surface area is 157 Å². The van der Waals surface area contributed by atoms with Gasteiger partial charge in [0.15, 0.2) is 0 Å². The highest BCUT2D eigenvalue weighted by molar-refractivity contribution is 5.88. The van der Waals surface area contributed by atoms with Crippen molar-refractivity contribution in [1.82, 2.24) is 0 Å². The summed E-state index contributed by atoms with van der Waals surface area (Å²) in [6.07, 6.45) is 4.29. The normalized spacial score (nSPS) is 10.9. The Hall–Kier alpha value is -3.40. The summed E-state index contributed by atoms with van der Waals surface area (Å²) < 4.78 is 10.5. The van der Waals surface area contributed by atoms with E-state index >= 15 is 0 Å². The maximum atomic E-state index is 12.0. The molecule has 0 aliphatic rings. The van der Waals surface area contributed by atoms with Gasteiger partial charge in [0, 0.05) is 18.6 Å². The molecule has 0 atom stereocenters. The Morgan fingerprint density at radius 3 is 2.59 bits per heavy atom. The number of carbonyl (C=O) groups excluding carboxylic acids is 1. The maximum Gasteiger partial charge on any atom is 0.339 e. The largest absolute Gasteiger partial charge is 0.428 e. The predicted molar refractivity (Wildman–Crippen MR) is 105 cm³/mol. The second-order valence-corrected chi connectivity index (χ2v) is 6.23. The van der Waals surface area contributed by atoms with Crippen molar-refractivity contribution in [2.45, 2.75) is 19.8 Å². The highest BCUT2D eigenvalue weighted by atomic mass is 16.5. The Morgan fingerprint density at radius 2 is 1.81 bits per heavy atom. The molecule has 3 rings (SSSR count). The van der Waals surface area contributed by atoms with Gasteiger partial charge in [-0.25, -0.2) is 9.59 Å². The van der Waals surface area contributed by atoms with Gasteiger partial charge in [-0.15, -0.1) is 0 Å². The number of carbonyl (C=O) groups is 1. The van der Waals surface area contributed by atoms with E-state index in [4.69, 9.17) is 9.15 Å². The number of esters is 1. The molecule has 4 heteroatoms.